The maximum atomic E-state index is 12.0. The number of carbonyl (C=O) groups is 1. The van der Waals surface area contributed by atoms with E-state index < -0.39 is 16.6 Å². The molecule has 0 unspecified atom stereocenters. The quantitative estimate of drug-likeness (QED) is 0.234. The van der Waals surface area contributed by atoms with Crippen molar-refractivity contribution in [2.45, 2.75) is 26.0 Å². The Morgan fingerprint density at radius 1 is 1.33 bits per heavy atom. The maximum absolute atomic E-state index is 12.0. The van der Waals surface area contributed by atoms with Gasteiger partial charge in [-0.05, 0) is 23.9 Å². The van der Waals surface area contributed by atoms with E-state index >= 15 is 0 Å². The lowest BCUT2D eigenvalue weighted by atomic mass is 10.2. The summed E-state index contributed by atoms with van der Waals surface area (Å²) in [5.74, 6) is -0.524. The zero-order valence-electron chi connectivity index (χ0n) is 15.3. The largest absolute Gasteiger partial charge is 0.456 e. The molecule has 30 heavy (non-hydrogen) atoms. The number of aromatic nitrogens is 3. The minimum absolute atomic E-state index is 0.0532. The summed E-state index contributed by atoms with van der Waals surface area (Å²) in [6, 6.07) is 5.77. The lowest BCUT2D eigenvalue weighted by Gasteiger charge is -2.03. The van der Waals surface area contributed by atoms with Crippen molar-refractivity contribution >= 4 is 34.1 Å². The SMILES string of the molecule is O=C(CCCn1c(=O)oc2cc([N+](=O)[O-])ccc21)OCc1nc(-c2ccsc2)no1. The second-order valence-electron chi connectivity index (χ2n) is 6.22. The third-order valence-corrected chi connectivity index (χ3v) is 4.91. The van der Waals surface area contributed by atoms with Crippen LogP contribution in [0.15, 0.2) is 48.8 Å². The monoisotopic (exact) mass is 430 g/mol. The first-order valence-electron chi connectivity index (χ1n) is 8.80. The minimum Gasteiger partial charge on any atom is -0.456 e. The highest BCUT2D eigenvalue weighted by Crippen LogP contribution is 2.21. The molecule has 1 aromatic carbocycles. The van der Waals surface area contributed by atoms with Gasteiger partial charge in [-0.1, -0.05) is 5.16 Å². The molecular weight excluding hydrogens is 416 g/mol. The number of ether oxygens (including phenoxy) is 1. The zero-order chi connectivity index (χ0) is 21.1. The molecule has 0 atom stereocenters. The van der Waals surface area contributed by atoms with Crippen molar-refractivity contribution in [1.29, 1.82) is 0 Å². The highest BCUT2D eigenvalue weighted by Gasteiger charge is 2.15. The summed E-state index contributed by atoms with van der Waals surface area (Å²) >= 11 is 1.51. The second-order valence-corrected chi connectivity index (χ2v) is 7.00. The molecule has 0 saturated heterocycles. The fourth-order valence-corrected chi connectivity index (χ4v) is 3.43. The first-order valence-corrected chi connectivity index (χ1v) is 9.74. The van der Waals surface area contributed by atoms with Crippen molar-refractivity contribution in [3.63, 3.8) is 0 Å². The van der Waals surface area contributed by atoms with Gasteiger partial charge in [-0.3, -0.25) is 19.5 Å². The van der Waals surface area contributed by atoms with Gasteiger partial charge in [-0.2, -0.15) is 16.3 Å². The van der Waals surface area contributed by atoms with Gasteiger partial charge >= 0.3 is 11.7 Å². The number of aryl methyl sites for hydroxylation is 1. The van der Waals surface area contributed by atoms with Crippen LogP contribution < -0.4 is 5.76 Å². The van der Waals surface area contributed by atoms with Gasteiger partial charge < -0.3 is 13.7 Å². The van der Waals surface area contributed by atoms with Crippen molar-refractivity contribution in [3.05, 3.63) is 61.6 Å². The lowest BCUT2D eigenvalue weighted by molar-refractivity contribution is -0.384. The molecule has 3 aromatic heterocycles. The summed E-state index contributed by atoms with van der Waals surface area (Å²) in [5, 5.41) is 18.4. The van der Waals surface area contributed by atoms with Gasteiger partial charge in [0.05, 0.1) is 16.5 Å². The number of rotatable bonds is 8. The number of nitrogens with zero attached hydrogens (tertiary/aromatic N) is 4. The molecule has 0 amide bonds. The van der Waals surface area contributed by atoms with Crippen LogP contribution in [0.25, 0.3) is 22.5 Å². The van der Waals surface area contributed by atoms with Gasteiger partial charge in [0.2, 0.25) is 5.82 Å². The number of hydrogen-bond donors (Lipinski definition) is 0. The lowest BCUT2D eigenvalue weighted by Crippen LogP contribution is -2.15. The Morgan fingerprint density at radius 3 is 2.97 bits per heavy atom. The van der Waals surface area contributed by atoms with Crippen LogP contribution in [0, 0.1) is 10.1 Å². The van der Waals surface area contributed by atoms with E-state index in [4.69, 9.17) is 13.7 Å². The number of thiophene rings is 1. The molecule has 4 rings (SSSR count). The molecule has 0 saturated carbocycles. The Morgan fingerprint density at radius 2 is 2.20 bits per heavy atom. The zero-order valence-corrected chi connectivity index (χ0v) is 16.2. The first-order chi connectivity index (χ1) is 14.5. The molecule has 11 nitrogen and oxygen atoms in total. The number of nitro benzene ring substituents is 1. The normalized spacial score (nSPS) is 11.1. The molecule has 4 aromatic rings. The van der Waals surface area contributed by atoms with Gasteiger partial charge in [0.1, 0.15) is 0 Å². The number of non-ortho nitro benzene ring substituents is 1. The molecule has 0 radical (unpaired) electrons. The molecule has 3 heterocycles. The average Bonchev–Trinajstić information content (AvgIpc) is 3.46. The molecule has 154 valence electrons. The maximum Gasteiger partial charge on any atom is 0.419 e. The topological polar surface area (TPSA) is 144 Å². The molecule has 0 aliphatic rings. The van der Waals surface area contributed by atoms with Crippen LogP contribution in [0.2, 0.25) is 0 Å². The predicted molar refractivity (Wildman–Crippen MR) is 104 cm³/mol. The van der Waals surface area contributed by atoms with E-state index in [1.807, 2.05) is 16.8 Å². The van der Waals surface area contributed by atoms with Crippen LogP contribution >= 0.6 is 11.3 Å². The van der Waals surface area contributed by atoms with Gasteiger partial charge in [-0.25, -0.2) is 4.79 Å². The Labute approximate surface area is 171 Å². The van der Waals surface area contributed by atoms with Gasteiger partial charge in [0.25, 0.3) is 11.6 Å². The predicted octanol–water partition coefficient (Wildman–Crippen LogP) is 3.14. The van der Waals surface area contributed by atoms with Crippen LogP contribution in [-0.2, 0) is 22.7 Å². The van der Waals surface area contributed by atoms with Crippen LogP contribution in [0.1, 0.15) is 18.7 Å². The van der Waals surface area contributed by atoms with Crippen LogP contribution in [0.4, 0.5) is 5.69 Å². The van der Waals surface area contributed by atoms with E-state index in [1.54, 1.807) is 0 Å². The number of benzene rings is 1. The van der Waals surface area contributed by atoms with E-state index in [0.717, 1.165) is 5.56 Å². The van der Waals surface area contributed by atoms with Gasteiger partial charge in [0.15, 0.2) is 12.2 Å². The standard InChI is InChI=1S/C18H14N4O7S/c23-16(27-9-15-19-17(20-29-15)11-5-7-30-10-11)2-1-6-21-13-4-3-12(22(25)26)8-14(13)28-18(21)24/h3-5,7-8,10H,1-2,6,9H2. The summed E-state index contributed by atoms with van der Waals surface area (Å²) in [6.45, 7) is 0.0514. The Bertz CT molecular complexity index is 1260. The molecular formula is C18H14N4O7S. The first kappa shape index (κ1) is 19.5. The van der Waals surface area contributed by atoms with Gasteiger partial charge in [0, 0.05) is 30.0 Å². The van der Waals surface area contributed by atoms with Crippen molar-refractivity contribution in [3.8, 4) is 11.4 Å². The van der Waals surface area contributed by atoms with E-state index in [9.17, 15) is 19.7 Å². The number of esters is 1. The fourth-order valence-electron chi connectivity index (χ4n) is 2.80. The molecule has 0 aliphatic heterocycles. The third kappa shape index (κ3) is 4.12. The molecule has 0 N–H and O–H groups in total. The second kappa shape index (κ2) is 8.29. The van der Waals surface area contributed by atoms with E-state index in [-0.39, 0.29) is 36.7 Å². The van der Waals surface area contributed by atoms with Crippen molar-refractivity contribution in [2.24, 2.45) is 0 Å². The number of carbonyl (C=O) groups excluding carboxylic acids is 1. The molecule has 0 spiro atoms. The molecule has 0 fully saturated rings. The number of fused-ring (bicyclic) bond motifs is 1. The Kier molecular flexibility index (Phi) is 5.39. The average molecular weight is 430 g/mol. The minimum atomic E-state index is -0.648. The van der Waals surface area contributed by atoms with E-state index in [0.29, 0.717) is 17.8 Å². The van der Waals surface area contributed by atoms with Crippen LogP contribution in [0.3, 0.4) is 0 Å². The Hall–Kier alpha value is -3.80. The van der Waals surface area contributed by atoms with E-state index in [2.05, 4.69) is 10.1 Å². The summed E-state index contributed by atoms with van der Waals surface area (Å²) in [6.07, 6.45) is 0.367. The Balaban J connectivity index is 1.30. The number of nitro groups is 1. The van der Waals surface area contributed by atoms with Crippen LogP contribution in [0.5, 0.6) is 0 Å². The van der Waals surface area contributed by atoms with Crippen LogP contribution in [-0.4, -0.2) is 25.6 Å². The molecule has 0 aliphatic carbocycles. The fraction of sp³-hybridized carbons (Fsp3) is 0.222. The highest BCUT2D eigenvalue weighted by atomic mass is 32.1. The van der Waals surface area contributed by atoms with E-state index in [1.165, 1.54) is 34.1 Å². The summed E-state index contributed by atoms with van der Waals surface area (Å²) < 4.78 is 16.5. The molecule has 0 bridgehead atoms. The number of hydrogen-bond acceptors (Lipinski definition) is 10. The third-order valence-electron chi connectivity index (χ3n) is 4.23. The highest BCUT2D eigenvalue weighted by molar-refractivity contribution is 7.08. The summed E-state index contributed by atoms with van der Waals surface area (Å²) in [5.41, 5.74) is 1.19. The summed E-state index contributed by atoms with van der Waals surface area (Å²) in [7, 11) is 0. The van der Waals surface area contributed by atoms with Crippen molar-refractivity contribution < 1.29 is 23.4 Å². The smallest absolute Gasteiger partial charge is 0.419 e. The van der Waals surface area contributed by atoms with Crippen molar-refractivity contribution in [2.75, 3.05) is 0 Å². The summed E-state index contributed by atoms with van der Waals surface area (Å²) in [4.78, 5) is 38.3. The molecule has 12 heteroatoms. The number of oxazole rings is 1. The van der Waals surface area contributed by atoms with Crippen molar-refractivity contribution in [1.82, 2.24) is 14.7 Å². The van der Waals surface area contributed by atoms with Gasteiger partial charge in [-0.15, -0.1) is 0 Å².